The molecule has 1 heterocycles. The van der Waals surface area contributed by atoms with Gasteiger partial charge in [0, 0.05) is 25.7 Å². The molecule has 1 aliphatic rings. The van der Waals surface area contributed by atoms with E-state index >= 15 is 0 Å². The van der Waals surface area contributed by atoms with Crippen molar-refractivity contribution in [2.24, 2.45) is 4.99 Å². The Morgan fingerprint density at radius 2 is 1.02 bits per heavy atom. The summed E-state index contributed by atoms with van der Waals surface area (Å²) in [6.07, 6.45) is 47.4. The first-order chi connectivity index (χ1) is 21.8. The zero-order valence-electron chi connectivity index (χ0n) is 29.7. The zero-order valence-corrected chi connectivity index (χ0v) is 29.7. The molecule has 0 aromatic heterocycles. The van der Waals surface area contributed by atoms with E-state index in [4.69, 9.17) is 0 Å². The Bertz CT molecular complexity index is 713. The Morgan fingerprint density at radius 1 is 0.614 bits per heavy atom. The third kappa shape index (κ3) is 26.8. The van der Waals surface area contributed by atoms with Gasteiger partial charge in [-0.2, -0.15) is 0 Å². The van der Waals surface area contributed by atoms with E-state index < -0.39 is 0 Å². The number of amidine groups is 1. The van der Waals surface area contributed by atoms with Crippen LogP contribution in [0.25, 0.3) is 0 Å². The van der Waals surface area contributed by atoms with E-state index in [0.29, 0.717) is 6.54 Å². The molecule has 44 heavy (non-hydrogen) atoms. The molecule has 0 aliphatic carbocycles. The van der Waals surface area contributed by atoms with E-state index in [1.165, 1.54) is 167 Å². The largest absolute Gasteiger partial charge is 0.352 e. The Labute approximate surface area is 275 Å². The molecule has 0 saturated carbocycles. The fraction of sp³-hybridized carbons (Fsp3) is 0.850. The maximum Gasteiger partial charge on any atom is 0.243 e. The first kappa shape index (κ1) is 40.4. The van der Waals surface area contributed by atoms with Crippen LogP contribution in [0, 0.1) is 0 Å². The fourth-order valence-corrected chi connectivity index (χ4v) is 6.20. The number of hydrogen-bond acceptors (Lipinski definition) is 3. The number of unbranched alkanes of at least 4 members (excludes halogenated alkanes) is 26. The fourth-order valence-electron chi connectivity index (χ4n) is 6.20. The zero-order chi connectivity index (χ0) is 31.6. The topological polar surface area (TPSA) is 44.7 Å². The lowest BCUT2D eigenvalue weighted by atomic mass is 10.0. The first-order valence-electron chi connectivity index (χ1n) is 19.7. The second kappa shape index (κ2) is 32.8. The van der Waals surface area contributed by atoms with Crippen molar-refractivity contribution < 1.29 is 4.79 Å². The van der Waals surface area contributed by atoms with Crippen LogP contribution in [0.4, 0.5) is 0 Å². The summed E-state index contributed by atoms with van der Waals surface area (Å²) in [6, 6.07) is 0. The Kier molecular flexibility index (Phi) is 30.2. The van der Waals surface area contributed by atoms with Crippen molar-refractivity contribution >= 4 is 11.7 Å². The number of aliphatic imine (C=N–C) groups is 1. The van der Waals surface area contributed by atoms with Crippen LogP contribution in [-0.2, 0) is 4.79 Å². The molecule has 256 valence electrons. The van der Waals surface area contributed by atoms with Gasteiger partial charge in [-0.1, -0.05) is 180 Å². The van der Waals surface area contributed by atoms with E-state index in [9.17, 15) is 4.79 Å². The van der Waals surface area contributed by atoms with Crippen molar-refractivity contribution in [3.63, 3.8) is 0 Å². The Balaban J connectivity index is 1.91. The van der Waals surface area contributed by atoms with Crippen molar-refractivity contribution in [1.82, 2.24) is 10.2 Å². The Hall–Kier alpha value is -1.58. The van der Waals surface area contributed by atoms with E-state index in [2.05, 4.69) is 41.3 Å². The third-order valence-electron chi connectivity index (χ3n) is 9.12. The molecule has 0 saturated heterocycles. The van der Waals surface area contributed by atoms with Crippen LogP contribution in [0.1, 0.15) is 200 Å². The molecular formula is C40H75N3O. The van der Waals surface area contributed by atoms with Gasteiger partial charge in [0.1, 0.15) is 5.84 Å². The highest BCUT2D eigenvalue weighted by Crippen LogP contribution is 2.15. The number of nitrogens with zero attached hydrogens (tertiary/aromatic N) is 2. The number of allylic oxidation sites excluding steroid dienone is 2. The highest BCUT2D eigenvalue weighted by atomic mass is 16.1. The lowest BCUT2D eigenvalue weighted by Gasteiger charge is -2.15. The molecule has 1 N–H and O–H groups in total. The van der Waals surface area contributed by atoms with Gasteiger partial charge in [-0.3, -0.25) is 9.79 Å². The molecule has 4 nitrogen and oxygen atoms in total. The van der Waals surface area contributed by atoms with Crippen molar-refractivity contribution in [3.8, 4) is 0 Å². The van der Waals surface area contributed by atoms with Crippen LogP contribution >= 0.6 is 0 Å². The normalized spacial score (nSPS) is 13.5. The monoisotopic (exact) mass is 614 g/mol. The standard InChI is InChI=1S/C40H75N3O/c1-3-5-7-9-11-13-15-17-19-21-23-25-27-29-31-33-40(44)42-35-34-39-41-36-38-43(39)37-32-30-28-26-24-22-20-18-16-14-12-10-8-6-4-2/h31-33,37H,3-30,34-36,38H2,1-2H3,(H,42,44). The number of amides is 1. The number of carbonyl (C=O) groups excluding carboxylic acids is 1. The Morgan fingerprint density at radius 3 is 1.48 bits per heavy atom. The molecule has 4 heteroatoms. The van der Waals surface area contributed by atoms with Crippen molar-refractivity contribution in [2.75, 3.05) is 19.6 Å². The lowest BCUT2D eigenvalue weighted by molar-refractivity contribution is -0.116. The molecular weight excluding hydrogens is 538 g/mol. The average molecular weight is 614 g/mol. The lowest BCUT2D eigenvalue weighted by Crippen LogP contribution is -2.28. The molecule has 0 atom stereocenters. The summed E-state index contributed by atoms with van der Waals surface area (Å²) in [6.45, 7) is 7.07. The summed E-state index contributed by atoms with van der Waals surface area (Å²) >= 11 is 0. The predicted molar refractivity (Wildman–Crippen MR) is 196 cm³/mol. The summed E-state index contributed by atoms with van der Waals surface area (Å²) in [5.41, 5.74) is 0. The van der Waals surface area contributed by atoms with Gasteiger partial charge in [-0.15, -0.1) is 0 Å². The maximum absolute atomic E-state index is 12.2. The highest BCUT2D eigenvalue weighted by Gasteiger charge is 2.13. The van der Waals surface area contributed by atoms with E-state index in [1.807, 2.05) is 6.08 Å². The minimum atomic E-state index is 0.0304. The molecule has 0 aromatic carbocycles. The van der Waals surface area contributed by atoms with Gasteiger partial charge in [-0.25, -0.2) is 0 Å². The highest BCUT2D eigenvalue weighted by molar-refractivity contribution is 5.89. The number of hydrogen-bond donors (Lipinski definition) is 1. The second-order valence-corrected chi connectivity index (χ2v) is 13.4. The summed E-state index contributed by atoms with van der Waals surface area (Å²) < 4.78 is 0. The van der Waals surface area contributed by atoms with Crippen molar-refractivity contribution in [2.45, 2.75) is 200 Å². The molecule has 0 spiro atoms. The summed E-state index contributed by atoms with van der Waals surface area (Å²) in [5.74, 6) is 1.14. The predicted octanol–water partition coefficient (Wildman–Crippen LogP) is 12.2. The third-order valence-corrected chi connectivity index (χ3v) is 9.12. The van der Waals surface area contributed by atoms with Crippen molar-refractivity contribution in [3.05, 3.63) is 24.4 Å². The molecule has 0 radical (unpaired) electrons. The maximum atomic E-state index is 12.2. The number of nitrogens with one attached hydrogen (secondary N) is 1. The summed E-state index contributed by atoms with van der Waals surface area (Å²) in [5, 5.41) is 3.04. The van der Waals surface area contributed by atoms with E-state index in [1.54, 1.807) is 6.08 Å². The van der Waals surface area contributed by atoms with E-state index in [0.717, 1.165) is 38.2 Å². The van der Waals surface area contributed by atoms with Crippen LogP contribution in [-0.4, -0.2) is 36.3 Å². The van der Waals surface area contributed by atoms with Gasteiger partial charge < -0.3 is 10.2 Å². The molecule has 0 aromatic rings. The van der Waals surface area contributed by atoms with Crippen molar-refractivity contribution in [1.29, 1.82) is 0 Å². The van der Waals surface area contributed by atoms with Gasteiger partial charge in [0.15, 0.2) is 0 Å². The van der Waals surface area contributed by atoms with Gasteiger partial charge in [0.25, 0.3) is 0 Å². The van der Waals surface area contributed by atoms with Gasteiger partial charge >= 0.3 is 0 Å². The molecule has 0 unspecified atom stereocenters. The summed E-state index contributed by atoms with van der Waals surface area (Å²) in [7, 11) is 0. The molecule has 1 aliphatic heterocycles. The number of carbonyl (C=O) groups is 1. The number of rotatable bonds is 33. The summed E-state index contributed by atoms with van der Waals surface area (Å²) in [4.78, 5) is 19.1. The van der Waals surface area contributed by atoms with Crippen LogP contribution in [0.2, 0.25) is 0 Å². The second-order valence-electron chi connectivity index (χ2n) is 13.4. The van der Waals surface area contributed by atoms with Gasteiger partial charge in [0.05, 0.1) is 6.54 Å². The SMILES string of the molecule is CCCCCCCCCCCCCCCC=CC(=O)NCCC1=NCCN1C=CCCCCCCCCCCCCCCC. The molecule has 0 bridgehead atoms. The molecule has 0 fully saturated rings. The van der Waals surface area contributed by atoms with Crippen LogP contribution in [0.3, 0.4) is 0 Å². The van der Waals surface area contributed by atoms with Gasteiger partial charge in [-0.05, 0) is 31.8 Å². The minimum Gasteiger partial charge on any atom is -0.352 e. The quantitative estimate of drug-likeness (QED) is 0.0591. The average Bonchev–Trinajstić information content (AvgIpc) is 3.48. The first-order valence-corrected chi connectivity index (χ1v) is 19.7. The minimum absolute atomic E-state index is 0.0304. The van der Waals surface area contributed by atoms with Gasteiger partial charge in [0.2, 0.25) is 5.91 Å². The van der Waals surface area contributed by atoms with Crippen LogP contribution in [0.5, 0.6) is 0 Å². The van der Waals surface area contributed by atoms with Crippen LogP contribution in [0.15, 0.2) is 29.4 Å². The smallest absolute Gasteiger partial charge is 0.243 e. The molecule has 1 rings (SSSR count). The van der Waals surface area contributed by atoms with E-state index in [-0.39, 0.29) is 5.91 Å². The molecule has 1 amide bonds. The van der Waals surface area contributed by atoms with Crippen LogP contribution < -0.4 is 5.32 Å².